The Labute approximate surface area is 145 Å². The molecule has 0 radical (unpaired) electrons. The third-order valence-corrected chi connectivity index (χ3v) is 6.43. The fourth-order valence-electron chi connectivity index (χ4n) is 3.60. The number of hydrogen-bond donors (Lipinski definition) is 0. The molecule has 6 heteroatoms. The lowest BCUT2D eigenvalue weighted by atomic mass is 9.78. The topological polar surface area (TPSA) is 38.3 Å². The number of rotatable bonds is 6. The molecular weight excluding hydrogens is 326 g/mol. The molecule has 4 heterocycles. The summed E-state index contributed by atoms with van der Waals surface area (Å²) in [5.41, 5.74) is 1.24. The maximum absolute atomic E-state index is 5.77. The van der Waals surface area contributed by atoms with Gasteiger partial charge in [0.2, 0.25) is 0 Å². The average Bonchev–Trinajstić information content (AvgIpc) is 3.09. The minimum atomic E-state index is 0.591. The van der Waals surface area contributed by atoms with E-state index in [-0.39, 0.29) is 0 Å². The van der Waals surface area contributed by atoms with Gasteiger partial charge in [-0.1, -0.05) is 30.0 Å². The Bertz CT molecular complexity index is 626. The van der Waals surface area contributed by atoms with Gasteiger partial charge in [-0.25, -0.2) is 0 Å². The minimum Gasteiger partial charge on any atom is -0.493 e. The summed E-state index contributed by atoms with van der Waals surface area (Å²) in [5.74, 6) is 3.24. The number of piperidine rings is 3. The van der Waals surface area contributed by atoms with Gasteiger partial charge in [0, 0.05) is 18.2 Å². The molecule has 3 saturated heterocycles. The summed E-state index contributed by atoms with van der Waals surface area (Å²) in [6.45, 7) is 4.41. The van der Waals surface area contributed by atoms with Crippen molar-refractivity contribution < 1.29 is 4.74 Å². The lowest BCUT2D eigenvalue weighted by molar-refractivity contribution is 0.0846. The van der Waals surface area contributed by atoms with Crippen molar-refractivity contribution in [3.63, 3.8) is 0 Å². The van der Waals surface area contributed by atoms with Crippen LogP contribution in [0.3, 0.4) is 0 Å². The van der Waals surface area contributed by atoms with Crippen molar-refractivity contribution in [2.24, 2.45) is 5.92 Å². The zero-order valence-corrected chi connectivity index (χ0v) is 14.7. The molecule has 1 atom stereocenters. The molecule has 2 bridgehead atoms. The van der Waals surface area contributed by atoms with E-state index in [1.54, 1.807) is 11.8 Å². The molecule has 122 valence electrons. The van der Waals surface area contributed by atoms with E-state index in [0.717, 1.165) is 22.4 Å². The number of aromatic nitrogens is 2. The first-order chi connectivity index (χ1) is 11.4. The Morgan fingerprint density at radius 2 is 2.00 bits per heavy atom. The lowest BCUT2D eigenvalue weighted by Crippen LogP contribution is -2.46. The van der Waals surface area contributed by atoms with Crippen molar-refractivity contribution in [3.8, 4) is 5.75 Å². The smallest absolute Gasteiger partial charge is 0.134 e. The third-order valence-electron chi connectivity index (χ3n) is 4.82. The molecule has 5 rings (SSSR count). The Balaban J connectivity index is 1.33. The summed E-state index contributed by atoms with van der Waals surface area (Å²) < 4.78 is 14.9. The summed E-state index contributed by atoms with van der Waals surface area (Å²) >= 11 is 3.15. The predicted octanol–water partition coefficient (Wildman–Crippen LogP) is 3.52. The number of fused-ring (bicyclic) bond motifs is 3. The summed E-state index contributed by atoms with van der Waals surface area (Å²) in [6.07, 6.45) is 2.65. The van der Waals surface area contributed by atoms with Gasteiger partial charge >= 0.3 is 0 Å². The molecule has 2 aromatic rings. The first-order valence-electron chi connectivity index (χ1n) is 8.25. The number of thioether (sulfide) groups is 1. The van der Waals surface area contributed by atoms with E-state index >= 15 is 0 Å². The van der Waals surface area contributed by atoms with Crippen LogP contribution in [0, 0.1) is 5.92 Å². The fraction of sp³-hybridized carbons (Fsp3) is 0.529. The van der Waals surface area contributed by atoms with Crippen molar-refractivity contribution in [2.45, 2.75) is 23.8 Å². The summed E-state index contributed by atoms with van der Waals surface area (Å²) in [5, 5.41) is 1.13. The van der Waals surface area contributed by atoms with Gasteiger partial charge < -0.3 is 9.64 Å². The number of ether oxygens (including phenoxy) is 1. The first kappa shape index (κ1) is 15.4. The van der Waals surface area contributed by atoms with E-state index < -0.39 is 0 Å². The zero-order chi connectivity index (χ0) is 15.5. The van der Waals surface area contributed by atoms with Gasteiger partial charge in [0.15, 0.2) is 0 Å². The van der Waals surface area contributed by atoms with Gasteiger partial charge in [-0.2, -0.15) is 8.75 Å². The molecule has 1 unspecified atom stereocenters. The molecule has 1 aromatic carbocycles. The quantitative estimate of drug-likeness (QED) is 0.590. The van der Waals surface area contributed by atoms with Gasteiger partial charge in [0.05, 0.1) is 24.0 Å². The summed E-state index contributed by atoms with van der Waals surface area (Å²) in [6, 6.07) is 9.99. The van der Waals surface area contributed by atoms with Gasteiger partial charge in [0.25, 0.3) is 0 Å². The van der Waals surface area contributed by atoms with Gasteiger partial charge in [-0.3, -0.25) is 0 Å². The molecule has 1 aromatic heterocycles. The summed E-state index contributed by atoms with van der Waals surface area (Å²) in [4.78, 5) is 2.58. The van der Waals surface area contributed by atoms with Crippen LogP contribution in [0.1, 0.15) is 24.5 Å². The highest BCUT2D eigenvalue weighted by molar-refractivity contribution is 7.99. The maximum Gasteiger partial charge on any atom is 0.134 e. The van der Waals surface area contributed by atoms with E-state index in [0.29, 0.717) is 12.5 Å². The maximum atomic E-state index is 5.77. The van der Waals surface area contributed by atoms with Gasteiger partial charge in [-0.05, 0) is 44.0 Å². The van der Waals surface area contributed by atoms with E-state index in [9.17, 15) is 0 Å². The van der Waals surface area contributed by atoms with Gasteiger partial charge in [0.1, 0.15) is 10.8 Å². The Morgan fingerprint density at radius 1 is 1.17 bits per heavy atom. The van der Waals surface area contributed by atoms with Crippen LogP contribution in [-0.2, 0) is 0 Å². The molecule has 0 saturated carbocycles. The summed E-state index contributed by atoms with van der Waals surface area (Å²) in [7, 11) is 0. The molecule has 0 amide bonds. The molecule has 23 heavy (non-hydrogen) atoms. The number of hydrogen-bond acceptors (Lipinski definition) is 6. The van der Waals surface area contributed by atoms with Gasteiger partial charge in [-0.15, -0.1) is 0 Å². The van der Waals surface area contributed by atoms with Crippen molar-refractivity contribution in [2.75, 3.05) is 32.0 Å². The Kier molecular flexibility index (Phi) is 4.82. The minimum absolute atomic E-state index is 0.591. The second-order valence-electron chi connectivity index (χ2n) is 6.21. The second kappa shape index (κ2) is 7.20. The van der Waals surface area contributed by atoms with Crippen LogP contribution in [-0.4, -0.2) is 45.6 Å². The standard InChI is InChI=1S/C17H21N3OS2/c1-2-4-14(5-3-1)21-10-11-22-17-16(18-23-19-17)15-12-20-8-6-13(15)7-9-20/h1-5,13,15H,6-12H2. The molecule has 0 N–H and O–H groups in total. The molecule has 4 nitrogen and oxygen atoms in total. The molecule has 0 aliphatic carbocycles. The fourth-order valence-corrected chi connectivity index (χ4v) is 5.20. The number of para-hydroxylation sites is 1. The SMILES string of the molecule is c1ccc(OCCSc2nsnc2C2CN3CCC2CC3)cc1. The normalized spacial score (nSPS) is 26.3. The van der Waals surface area contributed by atoms with Crippen molar-refractivity contribution >= 4 is 23.5 Å². The van der Waals surface area contributed by atoms with Crippen LogP contribution < -0.4 is 4.74 Å². The highest BCUT2D eigenvalue weighted by Gasteiger charge is 2.37. The third kappa shape index (κ3) is 3.54. The van der Waals surface area contributed by atoms with E-state index in [2.05, 4.69) is 13.6 Å². The highest BCUT2D eigenvalue weighted by Crippen LogP contribution is 2.41. The molecule has 0 spiro atoms. The van der Waals surface area contributed by atoms with Crippen molar-refractivity contribution in [1.29, 1.82) is 0 Å². The molecule has 3 aliphatic heterocycles. The van der Waals surface area contributed by atoms with Crippen LogP contribution in [0.4, 0.5) is 0 Å². The Morgan fingerprint density at radius 3 is 2.74 bits per heavy atom. The van der Waals surface area contributed by atoms with E-state index in [1.807, 2.05) is 30.3 Å². The van der Waals surface area contributed by atoms with Crippen LogP contribution in [0.15, 0.2) is 35.4 Å². The largest absolute Gasteiger partial charge is 0.493 e. The Hall–Kier alpha value is -1.11. The van der Waals surface area contributed by atoms with E-state index in [1.165, 1.54) is 49.9 Å². The van der Waals surface area contributed by atoms with Crippen molar-refractivity contribution in [1.82, 2.24) is 13.6 Å². The molecular formula is C17H21N3OS2. The number of nitrogens with zero attached hydrogens (tertiary/aromatic N) is 3. The van der Waals surface area contributed by atoms with Crippen LogP contribution in [0.25, 0.3) is 0 Å². The monoisotopic (exact) mass is 347 g/mol. The van der Waals surface area contributed by atoms with Crippen LogP contribution in [0.2, 0.25) is 0 Å². The number of benzene rings is 1. The predicted molar refractivity (Wildman–Crippen MR) is 94.5 cm³/mol. The van der Waals surface area contributed by atoms with Crippen LogP contribution >= 0.6 is 23.5 Å². The second-order valence-corrected chi connectivity index (χ2v) is 7.82. The molecule has 3 aliphatic rings. The molecule has 3 fully saturated rings. The zero-order valence-electron chi connectivity index (χ0n) is 13.1. The lowest BCUT2D eigenvalue weighted by Gasteiger charge is -2.44. The van der Waals surface area contributed by atoms with E-state index in [4.69, 9.17) is 4.74 Å². The van der Waals surface area contributed by atoms with Crippen molar-refractivity contribution in [3.05, 3.63) is 36.0 Å². The first-order valence-corrected chi connectivity index (χ1v) is 9.97. The highest BCUT2D eigenvalue weighted by atomic mass is 32.2. The average molecular weight is 348 g/mol. The van der Waals surface area contributed by atoms with Crippen LogP contribution in [0.5, 0.6) is 5.75 Å².